The summed E-state index contributed by atoms with van der Waals surface area (Å²) in [5, 5.41) is 28.8. The van der Waals surface area contributed by atoms with Crippen LogP contribution in [-0.4, -0.2) is 6.61 Å². The van der Waals surface area contributed by atoms with Crippen molar-refractivity contribution < 1.29 is 45.0 Å². The molecule has 1 aliphatic rings. The van der Waals surface area contributed by atoms with Crippen molar-refractivity contribution in [3.63, 3.8) is 0 Å². The molecular weight excluding hydrogens is 348 g/mol. The van der Waals surface area contributed by atoms with E-state index in [1.165, 1.54) is 32.1 Å². The molecule has 9 nitrogen and oxygen atoms in total. The Balaban J connectivity index is 1.89. The Morgan fingerprint density at radius 1 is 0.769 bits per heavy atom. The molecule has 0 radical (unpaired) electrons. The summed E-state index contributed by atoms with van der Waals surface area (Å²) in [4.78, 5) is 9.95. The average molecular weight is 374 g/mol. The van der Waals surface area contributed by atoms with Crippen LogP contribution < -0.4 is 4.89 Å². The lowest BCUT2D eigenvalue weighted by atomic mass is 9.97. The van der Waals surface area contributed by atoms with Crippen LogP contribution in [0.5, 0.6) is 5.75 Å². The number of unbranched alkanes of at least 4 members (excludes halogenated alkanes) is 6. The van der Waals surface area contributed by atoms with Gasteiger partial charge in [-0.25, -0.2) is 4.89 Å². The van der Waals surface area contributed by atoms with E-state index in [4.69, 9.17) is 9.78 Å². The van der Waals surface area contributed by atoms with Gasteiger partial charge in [-0.2, -0.15) is 0 Å². The molecule has 0 saturated carbocycles. The second-order valence-corrected chi connectivity index (χ2v) is 5.90. The van der Waals surface area contributed by atoms with E-state index in [2.05, 4.69) is 42.2 Å². The minimum Gasteiger partial charge on any atom is -0.306 e. The van der Waals surface area contributed by atoms with Crippen molar-refractivity contribution in [2.24, 2.45) is 0 Å². The minimum atomic E-state index is 0.245. The summed E-state index contributed by atoms with van der Waals surface area (Å²) in [6, 6.07) is 5.63. The van der Waals surface area contributed by atoms with E-state index in [1.54, 1.807) is 6.07 Å². The van der Waals surface area contributed by atoms with Crippen LogP contribution in [0.1, 0.15) is 63.0 Å². The Morgan fingerprint density at radius 3 is 2.27 bits per heavy atom. The Bertz CT molecular complexity index is 453. The molecule has 1 aromatic rings. The summed E-state index contributed by atoms with van der Waals surface area (Å²) in [7, 11) is 0. The third-order valence-electron chi connectivity index (χ3n) is 4.05. The van der Waals surface area contributed by atoms with Gasteiger partial charge in [0, 0.05) is 25.7 Å². The summed E-state index contributed by atoms with van der Waals surface area (Å²) >= 11 is 0. The van der Waals surface area contributed by atoms with Gasteiger partial charge in [0.25, 0.3) is 0 Å². The Kier molecular flexibility index (Phi) is 11.2. The highest BCUT2D eigenvalue weighted by molar-refractivity contribution is 5.40. The number of fused-ring (bicyclic) bond motifs is 2. The van der Waals surface area contributed by atoms with Crippen molar-refractivity contribution in [1.29, 1.82) is 0 Å². The van der Waals surface area contributed by atoms with Gasteiger partial charge in [0.2, 0.25) is 0 Å². The molecule has 2 bridgehead atoms. The van der Waals surface area contributed by atoms with E-state index < -0.39 is 0 Å². The maximum atomic E-state index is 5.14. The van der Waals surface area contributed by atoms with Crippen LogP contribution in [0.25, 0.3) is 0 Å². The number of rotatable bonds is 8. The molecule has 148 valence electrons. The van der Waals surface area contributed by atoms with Crippen molar-refractivity contribution in [1.82, 2.24) is 0 Å². The highest BCUT2D eigenvalue weighted by Crippen LogP contribution is 2.26. The van der Waals surface area contributed by atoms with Crippen LogP contribution >= 0.6 is 0 Å². The molecule has 0 saturated heterocycles. The third kappa shape index (κ3) is 8.39. The van der Waals surface area contributed by atoms with Gasteiger partial charge in [-0.05, 0) is 46.0 Å². The summed E-state index contributed by atoms with van der Waals surface area (Å²) in [6.45, 7) is 2.47. The molecule has 1 aromatic carbocycles. The molecule has 0 atom stereocenters. The Morgan fingerprint density at radius 2 is 1.46 bits per heavy atom. The van der Waals surface area contributed by atoms with Crippen molar-refractivity contribution in [3.8, 4) is 5.75 Å². The molecule has 0 unspecified atom stereocenters. The fraction of sp³-hybridized carbons (Fsp3) is 0.647. The van der Waals surface area contributed by atoms with Gasteiger partial charge >= 0.3 is 0 Å². The molecule has 0 spiro atoms. The van der Waals surface area contributed by atoms with E-state index in [0.717, 1.165) is 30.4 Å². The first-order valence-corrected chi connectivity index (χ1v) is 8.98. The lowest BCUT2D eigenvalue weighted by Crippen LogP contribution is -2.09. The second-order valence-electron chi connectivity index (χ2n) is 5.90. The summed E-state index contributed by atoms with van der Waals surface area (Å²) in [5.74, 6) is 0.534. The predicted octanol–water partition coefficient (Wildman–Crippen LogP) is 4.37. The van der Waals surface area contributed by atoms with E-state index >= 15 is 0 Å². The summed E-state index contributed by atoms with van der Waals surface area (Å²) in [6.07, 6.45) is 10.0. The van der Waals surface area contributed by atoms with Crippen LogP contribution in [0.3, 0.4) is 0 Å². The van der Waals surface area contributed by atoms with Crippen molar-refractivity contribution in [2.45, 2.75) is 64.7 Å². The molecule has 0 N–H and O–H groups in total. The SMILES string of the molecule is CCCCCCCCCc1c2cccc1OOOOOOOOOCC2. The molecule has 1 heterocycles. The van der Waals surface area contributed by atoms with E-state index in [-0.39, 0.29) is 6.61 Å². The normalized spacial score (nSPS) is 16.7. The predicted molar refractivity (Wildman–Crippen MR) is 86.0 cm³/mol. The zero-order chi connectivity index (χ0) is 18.3. The van der Waals surface area contributed by atoms with E-state index in [0.29, 0.717) is 12.2 Å². The fourth-order valence-electron chi connectivity index (χ4n) is 2.78. The zero-order valence-electron chi connectivity index (χ0n) is 15.0. The first-order valence-electron chi connectivity index (χ1n) is 8.98. The van der Waals surface area contributed by atoms with Crippen LogP contribution in [0.2, 0.25) is 0 Å². The lowest BCUT2D eigenvalue weighted by Gasteiger charge is -2.14. The number of hydrogen-bond acceptors (Lipinski definition) is 9. The lowest BCUT2D eigenvalue weighted by molar-refractivity contribution is -0.827. The molecule has 9 heteroatoms. The molecule has 0 amide bonds. The molecule has 0 aromatic heterocycles. The Labute approximate surface area is 152 Å². The van der Waals surface area contributed by atoms with Gasteiger partial charge in [-0.1, -0.05) is 57.6 Å². The zero-order valence-corrected chi connectivity index (χ0v) is 15.0. The number of hydrogen-bond donors (Lipinski definition) is 0. The van der Waals surface area contributed by atoms with Crippen LogP contribution in [0.4, 0.5) is 0 Å². The quantitative estimate of drug-likeness (QED) is 0.486. The summed E-state index contributed by atoms with van der Waals surface area (Å²) in [5.41, 5.74) is 2.07. The van der Waals surface area contributed by atoms with Gasteiger partial charge in [0.15, 0.2) is 5.75 Å². The topological polar surface area (TPSA) is 83.1 Å². The largest absolute Gasteiger partial charge is 0.306 e. The highest BCUT2D eigenvalue weighted by atomic mass is 17.9. The van der Waals surface area contributed by atoms with Crippen LogP contribution in [0, 0.1) is 0 Å². The van der Waals surface area contributed by atoms with Crippen LogP contribution in [0.15, 0.2) is 18.2 Å². The van der Waals surface area contributed by atoms with Gasteiger partial charge < -0.3 is 4.89 Å². The first-order chi connectivity index (χ1) is 12.9. The standard InChI is InChI=1S/C17H26O9/c1-2-3-4-5-6-7-8-11-16-15-10-9-12-17(16)19-21-23-25-26-24-22-20-18-14-13-15/h9-10,12H,2-8,11,13-14H2,1H3. The molecule has 0 fully saturated rings. The fourth-order valence-corrected chi connectivity index (χ4v) is 2.78. The first kappa shape index (κ1) is 21.0. The number of benzene rings is 1. The van der Waals surface area contributed by atoms with Gasteiger partial charge in [0.05, 0.1) is 6.61 Å². The maximum absolute atomic E-state index is 5.14. The monoisotopic (exact) mass is 374 g/mol. The van der Waals surface area contributed by atoms with Crippen LogP contribution in [-0.2, 0) is 53.0 Å². The molecular formula is C17H26O9. The smallest absolute Gasteiger partial charge is 0.172 e. The van der Waals surface area contributed by atoms with E-state index in [9.17, 15) is 0 Å². The van der Waals surface area contributed by atoms with Crippen molar-refractivity contribution in [2.75, 3.05) is 6.61 Å². The minimum absolute atomic E-state index is 0.245. The van der Waals surface area contributed by atoms with Crippen molar-refractivity contribution >= 4 is 0 Å². The Hall–Kier alpha value is -1.30. The molecule has 0 aliphatic carbocycles. The average Bonchev–Trinajstić information content (AvgIpc) is 2.66. The van der Waals surface area contributed by atoms with Gasteiger partial charge in [0.1, 0.15) is 0 Å². The molecule has 2 rings (SSSR count). The molecule has 1 aliphatic heterocycles. The third-order valence-corrected chi connectivity index (χ3v) is 4.05. The second kappa shape index (κ2) is 13.8. The van der Waals surface area contributed by atoms with E-state index in [1.807, 2.05) is 12.1 Å². The van der Waals surface area contributed by atoms with Crippen molar-refractivity contribution in [3.05, 3.63) is 29.3 Å². The van der Waals surface area contributed by atoms with Gasteiger partial charge in [-0.3, -0.25) is 0 Å². The maximum Gasteiger partial charge on any atom is 0.172 e. The summed E-state index contributed by atoms with van der Waals surface area (Å²) < 4.78 is 0. The highest BCUT2D eigenvalue weighted by Gasteiger charge is 2.12. The molecule has 26 heavy (non-hydrogen) atoms. The van der Waals surface area contributed by atoms with Gasteiger partial charge in [-0.15, -0.1) is 0 Å².